The van der Waals surface area contributed by atoms with Gasteiger partial charge in [0.1, 0.15) is 10.7 Å². The number of rotatable bonds is 5. The summed E-state index contributed by atoms with van der Waals surface area (Å²) in [4.78, 5) is 21.3. The van der Waals surface area contributed by atoms with Crippen molar-refractivity contribution in [2.45, 2.75) is 13.5 Å². The third kappa shape index (κ3) is 2.97. The molecule has 100 valence electrons. The average molecular weight is 265 g/mol. The molecule has 8 nitrogen and oxygen atoms in total. The maximum absolute atomic E-state index is 11.4. The standard InChI is InChI=1S/C11H11N3O5/c1-2-18-11(15)8-5-12-13(6-8)7-9-3-4-10(19-9)14(16)17/h3-6H,2,7H2,1H3. The summed E-state index contributed by atoms with van der Waals surface area (Å²) < 4.78 is 11.3. The molecule has 0 N–H and O–H groups in total. The SMILES string of the molecule is CCOC(=O)c1cnn(Cc2ccc([N+](=O)[O-])o2)c1. The van der Waals surface area contributed by atoms with E-state index in [9.17, 15) is 14.9 Å². The van der Waals surface area contributed by atoms with Crippen LogP contribution in [0.1, 0.15) is 23.0 Å². The lowest BCUT2D eigenvalue weighted by atomic mass is 10.4. The van der Waals surface area contributed by atoms with Crippen molar-refractivity contribution >= 4 is 11.9 Å². The Morgan fingerprint density at radius 2 is 2.37 bits per heavy atom. The van der Waals surface area contributed by atoms with Crippen molar-refractivity contribution in [1.82, 2.24) is 9.78 Å². The van der Waals surface area contributed by atoms with Crippen LogP contribution >= 0.6 is 0 Å². The molecule has 0 fully saturated rings. The summed E-state index contributed by atoms with van der Waals surface area (Å²) in [6, 6.07) is 2.76. The smallest absolute Gasteiger partial charge is 0.433 e. The first-order valence-electron chi connectivity index (χ1n) is 5.53. The molecule has 2 rings (SSSR count). The monoisotopic (exact) mass is 265 g/mol. The predicted molar refractivity (Wildman–Crippen MR) is 62.6 cm³/mol. The summed E-state index contributed by atoms with van der Waals surface area (Å²) in [7, 11) is 0. The van der Waals surface area contributed by atoms with Gasteiger partial charge in [-0.2, -0.15) is 5.10 Å². The molecule has 0 bridgehead atoms. The van der Waals surface area contributed by atoms with E-state index in [0.29, 0.717) is 11.3 Å². The van der Waals surface area contributed by atoms with E-state index in [1.807, 2.05) is 0 Å². The van der Waals surface area contributed by atoms with Crippen LogP contribution in [0.2, 0.25) is 0 Å². The molecule has 0 aliphatic heterocycles. The number of hydrogen-bond donors (Lipinski definition) is 0. The molecule has 2 aromatic rings. The quantitative estimate of drug-likeness (QED) is 0.462. The molecule has 0 aliphatic carbocycles. The zero-order valence-electron chi connectivity index (χ0n) is 10.1. The van der Waals surface area contributed by atoms with Crippen molar-refractivity contribution in [3.63, 3.8) is 0 Å². The molecular formula is C11H11N3O5. The minimum atomic E-state index is -0.614. The molecule has 0 aromatic carbocycles. The Bertz CT molecular complexity index is 601. The van der Waals surface area contributed by atoms with E-state index in [-0.39, 0.29) is 19.0 Å². The minimum Gasteiger partial charge on any atom is -0.462 e. The Balaban J connectivity index is 2.06. The predicted octanol–water partition coefficient (Wildman–Crippen LogP) is 1.61. The summed E-state index contributed by atoms with van der Waals surface area (Å²) in [5.74, 6) is -0.405. The molecule has 19 heavy (non-hydrogen) atoms. The van der Waals surface area contributed by atoms with Gasteiger partial charge in [-0.25, -0.2) is 4.79 Å². The summed E-state index contributed by atoms with van der Waals surface area (Å²) >= 11 is 0. The second-order valence-corrected chi connectivity index (χ2v) is 3.64. The number of hydrogen-bond acceptors (Lipinski definition) is 6. The third-order valence-corrected chi connectivity index (χ3v) is 2.29. The Morgan fingerprint density at radius 1 is 1.58 bits per heavy atom. The topological polar surface area (TPSA) is 100 Å². The molecule has 2 heterocycles. The lowest BCUT2D eigenvalue weighted by molar-refractivity contribution is -0.402. The van der Waals surface area contributed by atoms with Gasteiger partial charge in [0.25, 0.3) is 0 Å². The van der Waals surface area contributed by atoms with Crippen LogP contribution in [-0.4, -0.2) is 27.3 Å². The average Bonchev–Trinajstić information content (AvgIpc) is 2.99. The number of esters is 1. The van der Waals surface area contributed by atoms with Gasteiger partial charge in [0.2, 0.25) is 0 Å². The van der Waals surface area contributed by atoms with E-state index < -0.39 is 10.9 Å². The Labute approximate surface area is 107 Å². The molecule has 8 heteroatoms. The number of ether oxygens (including phenoxy) is 1. The molecule has 0 saturated heterocycles. The van der Waals surface area contributed by atoms with Gasteiger partial charge < -0.3 is 9.15 Å². The van der Waals surface area contributed by atoms with Crippen LogP contribution in [0.5, 0.6) is 0 Å². The van der Waals surface area contributed by atoms with Crippen LogP contribution < -0.4 is 0 Å². The fourth-order valence-corrected chi connectivity index (χ4v) is 1.48. The van der Waals surface area contributed by atoms with Gasteiger partial charge in [-0.05, 0) is 13.0 Å². The van der Waals surface area contributed by atoms with E-state index in [1.165, 1.54) is 29.2 Å². The van der Waals surface area contributed by atoms with Crippen molar-refractivity contribution in [3.05, 3.63) is 46.0 Å². The zero-order chi connectivity index (χ0) is 13.8. The van der Waals surface area contributed by atoms with Gasteiger partial charge >= 0.3 is 11.9 Å². The lowest BCUT2D eigenvalue weighted by Crippen LogP contribution is -2.03. The number of carbonyl (C=O) groups is 1. The van der Waals surface area contributed by atoms with Crippen LogP contribution in [0.15, 0.2) is 28.9 Å². The van der Waals surface area contributed by atoms with Gasteiger partial charge in [-0.1, -0.05) is 0 Å². The Morgan fingerprint density at radius 3 is 3.00 bits per heavy atom. The van der Waals surface area contributed by atoms with E-state index in [2.05, 4.69) is 5.10 Å². The van der Waals surface area contributed by atoms with Gasteiger partial charge in [0.05, 0.1) is 31.0 Å². The van der Waals surface area contributed by atoms with Gasteiger partial charge in [-0.15, -0.1) is 0 Å². The summed E-state index contributed by atoms with van der Waals surface area (Å²) in [5, 5.41) is 14.4. The first-order valence-corrected chi connectivity index (χ1v) is 5.53. The number of furan rings is 1. The normalized spacial score (nSPS) is 10.4. The molecule has 0 amide bonds. The van der Waals surface area contributed by atoms with Crippen molar-refractivity contribution in [2.24, 2.45) is 0 Å². The maximum Gasteiger partial charge on any atom is 0.433 e. The molecule has 0 unspecified atom stereocenters. The first kappa shape index (κ1) is 12.8. The number of aromatic nitrogens is 2. The van der Waals surface area contributed by atoms with Crippen molar-refractivity contribution in [3.8, 4) is 0 Å². The maximum atomic E-state index is 11.4. The molecule has 0 atom stereocenters. The van der Waals surface area contributed by atoms with Crippen LogP contribution in [0.3, 0.4) is 0 Å². The largest absolute Gasteiger partial charge is 0.462 e. The van der Waals surface area contributed by atoms with Gasteiger partial charge in [-0.3, -0.25) is 14.8 Å². The number of nitro groups is 1. The highest BCUT2D eigenvalue weighted by atomic mass is 16.6. The molecule has 2 aromatic heterocycles. The van der Waals surface area contributed by atoms with E-state index >= 15 is 0 Å². The summed E-state index contributed by atoms with van der Waals surface area (Å²) in [6.45, 7) is 2.20. The first-order chi connectivity index (χ1) is 9.10. The number of nitrogens with zero attached hydrogens (tertiary/aromatic N) is 3. The van der Waals surface area contributed by atoms with E-state index in [1.54, 1.807) is 6.92 Å². The molecule has 0 saturated carbocycles. The van der Waals surface area contributed by atoms with Crippen molar-refractivity contribution in [2.75, 3.05) is 6.61 Å². The minimum absolute atomic E-state index is 0.202. The van der Waals surface area contributed by atoms with E-state index in [4.69, 9.17) is 9.15 Å². The molecule has 0 spiro atoms. The highest BCUT2D eigenvalue weighted by Crippen LogP contribution is 2.16. The van der Waals surface area contributed by atoms with Crippen LogP contribution in [0.4, 0.5) is 5.88 Å². The molecule has 0 radical (unpaired) electrons. The van der Waals surface area contributed by atoms with Gasteiger partial charge in [0, 0.05) is 6.20 Å². The second kappa shape index (κ2) is 5.34. The van der Waals surface area contributed by atoms with Crippen LogP contribution in [0, 0.1) is 10.1 Å². The molecule has 0 aliphatic rings. The third-order valence-electron chi connectivity index (χ3n) is 2.29. The Hall–Kier alpha value is -2.64. The summed E-state index contributed by atoms with van der Waals surface area (Å²) in [5.41, 5.74) is 0.322. The lowest BCUT2D eigenvalue weighted by Gasteiger charge is -1.97. The highest BCUT2D eigenvalue weighted by Gasteiger charge is 2.14. The second-order valence-electron chi connectivity index (χ2n) is 3.64. The van der Waals surface area contributed by atoms with Crippen molar-refractivity contribution < 1.29 is 18.9 Å². The highest BCUT2D eigenvalue weighted by molar-refractivity contribution is 5.88. The summed E-state index contributed by atoms with van der Waals surface area (Å²) in [6.07, 6.45) is 2.86. The van der Waals surface area contributed by atoms with E-state index in [0.717, 1.165) is 0 Å². The zero-order valence-corrected chi connectivity index (χ0v) is 10.1. The fourth-order valence-electron chi connectivity index (χ4n) is 1.48. The van der Waals surface area contributed by atoms with Crippen LogP contribution in [-0.2, 0) is 11.3 Å². The molecular weight excluding hydrogens is 254 g/mol. The van der Waals surface area contributed by atoms with Crippen LogP contribution in [0.25, 0.3) is 0 Å². The van der Waals surface area contributed by atoms with Crippen molar-refractivity contribution in [1.29, 1.82) is 0 Å². The Kier molecular flexibility index (Phi) is 3.60. The number of carbonyl (C=O) groups excluding carboxylic acids is 1. The fraction of sp³-hybridized carbons (Fsp3) is 0.273. The van der Waals surface area contributed by atoms with Gasteiger partial charge in [0.15, 0.2) is 0 Å².